The monoisotopic (exact) mass is 498 g/mol. The fourth-order valence-corrected chi connectivity index (χ4v) is 5.66. The van der Waals surface area contributed by atoms with Crippen molar-refractivity contribution in [2.24, 2.45) is 0 Å². The zero-order valence-electron chi connectivity index (χ0n) is 19.9. The Morgan fingerprint density at radius 1 is 0.973 bits per heavy atom. The summed E-state index contributed by atoms with van der Waals surface area (Å²) < 4.78 is 31.6. The molecule has 8 heteroatoms. The summed E-state index contributed by atoms with van der Waals surface area (Å²) in [7, 11) is 0. The molecule has 0 saturated carbocycles. The van der Waals surface area contributed by atoms with Crippen LogP contribution in [-0.2, 0) is 24.2 Å². The van der Waals surface area contributed by atoms with Crippen LogP contribution in [0.5, 0.6) is 0 Å². The molecule has 186 valence electrons. The first-order chi connectivity index (χ1) is 18.0. The zero-order chi connectivity index (χ0) is 25.5. The van der Waals surface area contributed by atoms with E-state index in [1.807, 2.05) is 28.9 Å². The number of aliphatic carboxylic acids is 1. The molecule has 0 radical (unpaired) electrons. The molecule has 0 bridgehead atoms. The van der Waals surface area contributed by atoms with Gasteiger partial charge in [-0.3, -0.25) is 4.79 Å². The second kappa shape index (κ2) is 9.28. The number of hydrogen-bond donors (Lipinski definition) is 1. The van der Waals surface area contributed by atoms with Crippen molar-refractivity contribution in [3.8, 4) is 0 Å². The number of carbonyl (C=O) groups is 1. The quantitative estimate of drug-likeness (QED) is 0.335. The predicted octanol–water partition coefficient (Wildman–Crippen LogP) is 5.51. The van der Waals surface area contributed by atoms with Crippen LogP contribution in [0.25, 0.3) is 10.9 Å². The molecule has 0 spiro atoms. The zero-order valence-corrected chi connectivity index (χ0v) is 19.9. The Morgan fingerprint density at radius 3 is 2.27 bits per heavy atom. The van der Waals surface area contributed by atoms with E-state index < -0.39 is 5.97 Å². The van der Waals surface area contributed by atoms with E-state index in [0.29, 0.717) is 13.0 Å². The molecule has 0 amide bonds. The third-order valence-corrected chi connectivity index (χ3v) is 7.28. The Bertz CT molecular complexity index is 1540. The Hall–Kier alpha value is -4.33. The maximum absolute atomic E-state index is 13.7. The molecular weight excluding hydrogens is 474 g/mol. The fourth-order valence-electron chi connectivity index (χ4n) is 5.66. The fraction of sp³-hybridized carbons (Fsp3) is 0.207. The minimum absolute atomic E-state index is 0.0146. The van der Waals surface area contributed by atoms with Gasteiger partial charge in [-0.2, -0.15) is 0 Å². The summed E-state index contributed by atoms with van der Waals surface area (Å²) in [5, 5.41) is 19.2. The summed E-state index contributed by atoms with van der Waals surface area (Å²) in [6.45, 7) is 0.616. The first kappa shape index (κ1) is 23.1. The van der Waals surface area contributed by atoms with Crippen molar-refractivity contribution in [2.45, 2.75) is 37.8 Å². The average molecular weight is 499 g/mol. The summed E-state index contributed by atoms with van der Waals surface area (Å²) in [4.78, 5) is 11.6. The maximum Gasteiger partial charge on any atom is 0.307 e. The second-order valence-electron chi connectivity index (χ2n) is 9.46. The lowest BCUT2D eigenvalue weighted by Crippen LogP contribution is -2.27. The molecule has 6 rings (SSSR count). The van der Waals surface area contributed by atoms with Gasteiger partial charge in [0.25, 0.3) is 0 Å². The van der Waals surface area contributed by atoms with Gasteiger partial charge < -0.3 is 9.67 Å². The van der Waals surface area contributed by atoms with Gasteiger partial charge in [0, 0.05) is 23.1 Å². The van der Waals surface area contributed by atoms with Crippen molar-refractivity contribution >= 4 is 16.9 Å². The molecule has 3 aromatic carbocycles. The van der Waals surface area contributed by atoms with E-state index in [0.717, 1.165) is 45.4 Å². The van der Waals surface area contributed by atoms with Gasteiger partial charge >= 0.3 is 5.97 Å². The van der Waals surface area contributed by atoms with Crippen LogP contribution in [-0.4, -0.2) is 30.6 Å². The number of benzene rings is 3. The largest absolute Gasteiger partial charge is 0.481 e. The molecule has 6 nitrogen and oxygen atoms in total. The van der Waals surface area contributed by atoms with Crippen molar-refractivity contribution in [3.05, 3.63) is 119 Å². The van der Waals surface area contributed by atoms with E-state index >= 15 is 0 Å². The molecule has 1 unspecified atom stereocenters. The van der Waals surface area contributed by atoms with Crippen LogP contribution in [0.15, 0.2) is 79.0 Å². The van der Waals surface area contributed by atoms with Crippen molar-refractivity contribution in [1.82, 2.24) is 19.6 Å². The van der Waals surface area contributed by atoms with E-state index in [1.165, 1.54) is 24.3 Å². The smallest absolute Gasteiger partial charge is 0.307 e. The normalized spacial score (nSPS) is 15.3. The topological polar surface area (TPSA) is 72.9 Å². The molecule has 5 aromatic rings. The van der Waals surface area contributed by atoms with Gasteiger partial charge in [-0.15, -0.1) is 5.10 Å². The van der Waals surface area contributed by atoms with Crippen LogP contribution in [0.1, 0.15) is 46.5 Å². The highest BCUT2D eigenvalue weighted by molar-refractivity contribution is 5.89. The van der Waals surface area contributed by atoms with Gasteiger partial charge in [-0.05, 0) is 59.9 Å². The molecule has 0 aliphatic carbocycles. The van der Waals surface area contributed by atoms with Crippen LogP contribution < -0.4 is 0 Å². The van der Waals surface area contributed by atoms with Gasteiger partial charge in [0.15, 0.2) is 0 Å². The van der Waals surface area contributed by atoms with Gasteiger partial charge in [0.2, 0.25) is 0 Å². The van der Waals surface area contributed by atoms with Crippen LogP contribution in [0, 0.1) is 11.6 Å². The first-order valence-corrected chi connectivity index (χ1v) is 12.2. The molecule has 1 aliphatic heterocycles. The number of carboxylic acids is 1. The van der Waals surface area contributed by atoms with E-state index in [-0.39, 0.29) is 30.0 Å². The molecule has 0 fully saturated rings. The summed E-state index contributed by atoms with van der Waals surface area (Å²) in [6.07, 6.45) is 3.17. The number of aromatic nitrogens is 4. The predicted molar refractivity (Wildman–Crippen MR) is 134 cm³/mol. The Balaban J connectivity index is 1.43. The highest BCUT2D eigenvalue weighted by Gasteiger charge is 2.30. The third-order valence-electron chi connectivity index (χ3n) is 7.28. The van der Waals surface area contributed by atoms with E-state index in [2.05, 4.69) is 14.9 Å². The van der Waals surface area contributed by atoms with Crippen LogP contribution >= 0.6 is 0 Å². The Labute approximate surface area is 211 Å². The number of nitrogens with zero attached hydrogens (tertiary/aromatic N) is 4. The van der Waals surface area contributed by atoms with Gasteiger partial charge in [-0.1, -0.05) is 47.7 Å². The Morgan fingerprint density at radius 2 is 1.62 bits per heavy atom. The summed E-state index contributed by atoms with van der Waals surface area (Å²) in [5.41, 5.74) is 5.46. The van der Waals surface area contributed by atoms with E-state index in [4.69, 9.17) is 0 Å². The standard InChI is InChI=1S/C29H24F2N4O2/c30-20-9-5-18(6-10-20)29(19-7-11-21(31)12-8-19)27-16-32-33-35(27)22-13-14-26-24(15-28(36)37)23-3-1-2-4-25(23)34(26)17-22/h1-12,16,22,29H,13-15,17H2,(H,36,37). The molecule has 1 N–H and O–H groups in total. The van der Waals surface area contributed by atoms with Crippen molar-refractivity contribution in [2.75, 3.05) is 0 Å². The third kappa shape index (κ3) is 4.18. The number of rotatable bonds is 6. The summed E-state index contributed by atoms with van der Waals surface area (Å²) in [6, 6.07) is 20.5. The molecular formula is C29H24F2N4O2. The first-order valence-electron chi connectivity index (χ1n) is 12.2. The van der Waals surface area contributed by atoms with Gasteiger partial charge in [-0.25, -0.2) is 13.5 Å². The lowest BCUT2D eigenvalue weighted by Gasteiger charge is -2.29. The van der Waals surface area contributed by atoms with Gasteiger partial charge in [0.05, 0.1) is 30.3 Å². The maximum atomic E-state index is 13.7. The average Bonchev–Trinajstić information content (AvgIpc) is 3.50. The molecule has 0 saturated heterocycles. The van der Waals surface area contributed by atoms with E-state index in [9.17, 15) is 18.7 Å². The number of carboxylic acid groups (broad SMARTS) is 1. The minimum Gasteiger partial charge on any atom is -0.481 e. The highest BCUT2D eigenvalue weighted by atomic mass is 19.1. The second-order valence-corrected chi connectivity index (χ2v) is 9.46. The van der Waals surface area contributed by atoms with Crippen LogP contribution in [0.4, 0.5) is 8.78 Å². The highest BCUT2D eigenvalue weighted by Crippen LogP contribution is 2.38. The lowest BCUT2D eigenvalue weighted by molar-refractivity contribution is -0.136. The van der Waals surface area contributed by atoms with Crippen LogP contribution in [0.3, 0.4) is 0 Å². The van der Waals surface area contributed by atoms with Crippen LogP contribution in [0.2, 0.25) is 0 Å². The number of para-hydroxylation sites is 1. The number of fused-ring (bicyclic) bond motifs is 3. The number of hydrogen-bond acceptors (Lipinski definition) is 3. The summed E-state index contributed by atoms with van der Waals surface area (Å²) in [5.74, 6) is -1.82. The number of halogens is 2. The van der Waals surface area contributed by atoms with Crippen molar-refractivity contribution < 1.29 is 18.7 Å². The van der Waals surface area contributed by atoms with E-state index in [1.54, 1.807) is 30.5 Å². The van der Waals surface area contributed by atoms with Gasteiger partial charge in [0.1, 0.15) is 11.6 Å². The molecule has 2 aromatic heterocycles. The SMILES string of the molecule is O=C(O)Cc1c2n(c3ccccc13)CC(n1nncc1C(c1ccc(F)cc1)c1ccc(F)cc1)CC2. The summed E-state index contributed by atoms with van der Waals surface area (Å²) >= 11 is 0. The Kier molecular flexibility index (Phi) is 5.79. The molecule has 3 heterocycles. The molecule has 1 atom stereocenters. The molecule has 37 heavy (non-hydrogen) atoms. The molecule has 1 aliphatic rings. The van der Waals surface area contributed by atoms with Crippen molar-refractivity contribution in [1.29, 1.82) is 0 Å². The van der Waals surface area contributed by atoms with Crippen molar-refractivity contribution in [3.63, 3.8) is 0 Å². The lowest BCUT2D eigenvalue weighted by atomic mass is 9.88. The minimum atomic E-state index is -0.846.